The van der Waals surface area contributed by atoms with Gasteiger partial charge in [-0.05, 0) is 48.9 Å². The number of methoxy groups -OCH3 is 2. The summed E-state index contributed by atoms with van der Waals surface area (Å²) in [5, 5.41) is 11.9. The third-order valence-corrected chi connectivity index (χ3v) is 5.92. The monoisotopic (exact) mass is 454 g/mol. The molecule has 0 fully saturated rings. The number of hydrogen-bond donors (Lipinski definition) is 1. The van der Waals surface area contributed by atoms with Crippen molar-refractivity contribution in [1.82, 2.24) is 20.1 Å². The summed E-state index contributed by atoms with van der Waals surface area (Å²) in [6.45, 7) is 1.85. The number of hydrogen-bond acceptors (Lipinski definition) is 7. The Morgan fingerprint density at radius 1 is 1.00 bits per heavy atom. The quantitative estimate of drug-likeness (QED) is 0.371. The molecule has 1 N–H and O–H groups in total. The van der Waals surface area contributed by atoms with Gasteiger partial charge in [0.25, 0.3) is 0 Å². The third kappa shape index (κ3) is 5.88. The van der Waals surface area contributed by atoms with Gasteiger partial charge in [0.2, 0.25) is 5.91 Å². The highest BCUT2D eigenvalue weighted by Gasteiger charge is 2.19. The lowest BCUT2D eigenvalue weighted by atomic mass is 10.1. The number of nitrogens with zero attached hydrogens (tertiary/aromatic N) is 3. The number of benzene rings is 2. The smallest absolute Gasteiger partial charge is 0.224 e. The Kier molecular flexibility index (Phi) is 7.88. The summed E-state index contributed by atoms with van der Waals surface area (Å²) in [6, 6.07) is 14.0. The van der Waals surface area contributed by atoms with Crippen LogP contribution in [0.5, 0.6) is 11.5 Å². The molecule has 0 aliphatic rings. The molecule has 32 heavy (non-hydrogen) atoms. The van der Waals surface area contributed by atoms with Crippen LogP contribution in [0.4, 0.5) is 0 Å². The Labute approximate surface area is 191 Å². The van der Waals surface area contributed by atoms with Crippen LogP contribution in [0.3, 0.4) is 0 Å². The number of ether oxygens (including phenoxy) is 2. The first-order valence-corrected chi connectivity index (χ1v) is 11.0. The van der Waals surface area contributed by atoms with Crippen LogP contribution in [0, 0.1) is 0 Å². The molecular weight excluding hydrogens is 428 g/mol. The molecule has 0 saturated carbocycles. The summed E-state index contributed by atoms with van der Waals surface area (Å²) in [5.74, 6) is 2.17. The van der Waals surface area contributed by atoms with E-state index in [4.69, 9.17) is 9.47 Å². The molecule has 1 amide bonds. The Morgan fingerprint density at radius 3 is 2.19 bits per heavy atom. The molecule has 3 rings (SSSR count). The second-order valence-electron chi connectivity index (χ2n) is 7.15. The van der Waals surface area contributed by atoms with E-state index in [2.05, 4.69) is 15.5 Å². The fourth-order valence-corrected chi connectivity index (χ4v) is 3.92. The lowest BCUT2D eigenvalue weighted by Crippen LogP contribution is -2.29. The van der Waals surface area contributed by atoms with Gasteiger partial charge in [-0.2, -0.15) is 0 Å². The van der Waals surface area contributed by atoms with Gasteiger partial charge in [-0.25, -0.2) is 0 Å². The second kappa shape index (κ2) is 10.8. The molecule has 0 spiro atoms. The van der Waals surface area contributed by atoms with Gasteiger partial charge in [0, 0.05) is 12.6 Å². The lowest BCUT2D eigenvalue weighted by molar-refractivity contribution is -0.121. The van der Waals surface area contributed by atoms with Crippen molar-refractivity contribution in [2.24, 2.45) is 7.05 Å². The van der Waals surface area contributed by atoms with E-state index in [9.17, 15) is 9.59 Å². The molecule has 1 aromatic heterocycles. The van der Waals surface area contributed by atoms with Crippen LogP contribution in [-0.2, 0) is 18.3 Å². The van der Waals surface area contributed by atoms with Crippen LogP contribution in [-0.4, -0.2) is 46.4 Å². The molecular formula is C23H26N4O4S. The van der Waals surface area contributed by atoms with Crippen LogP contribution in [0.15, 0.2) is 53.7 Å². The highest BCUT2D eigenvalue weighted by Crippen LogP contribution is 2.21. The number of carbonyl (C=O) groups excluding carboxylic acids is 2. The molecule has 3 aromatic rings. The van der Waals surface area contributed by atoms with Gasteiger partial charge in [-0.1, -0.05) is 23.9 Å². The summed E-state index contributed by atoms with van der Waals surface area (Å²) in [6.07, 6.45) is 0.254. The van der Waals surface area contributed by atoms with E-state index in [0.717, 1.165) is 11.3 Å². The second-order valence-corrected chi connectivity index (χ2v) is 8.10. The van der Waals surface area contributed by atoms with Crippen molar-refractivity contribution in [3.63, 3.8) is 0 Å². The number of amides is 1. The Balaban J connectivity index is 1.55. The summed E-state index contributed by atoms with van der Waals surface area (Å²) >= 11 is 1.31. The number of rotatable bonds is 10. The number of thioether (sulfide) groups is 1. The summed E-state index contributed by atoms with van der Waals surface area (Å²) < 4.78 is 12.0. The topological polar surface area (TPSA) is 95.3 Å². The highest BCUT2D eigenvalue weighted by atomic mass is 32.2. The molecule has 168 valence electrons. The molecule has 0 saturated heterocycles. The fraction of sp³-hybridized carbons (Fsp3) is 0.304. The number of nitrogens with one attached hydrogen (secondary N) is 1. The molecule has 0 bridgehead atoms. The molecule has 0 aliphatic carbocycles. The number of Topliss-reactive ketones (excluding diaryl/α,β-unsaturated/α-hetero) is 1. The zero-order chi connectivity index (χ0) is 23.1. The van der Waals surface area contributed by atoms with Crippen molar-refractivity contribution >= 4 is 23.5 Å². The molecule has 1 heterocycles. The zero-order valence-electron chi connectivity index (χ0n) is 18.5. The van der Waals surface area contributed by atoms with Crippen LogP contribution >= 0.6 is 11.8 Å². The Hall–Kier alpha value is -3.33. The van der Waals surface area contributed by atoms with E-state index in [-0.39, 0.29) is 29.9 Å². The van der Waals surface area contributed by atoms with Crippen molar-refractivity contribution in [2.75, 3.05) is 20.0 Å². The van der Waals surface area contributed by atoms with Crippen molar-refractivity contribution < 1.29 is 19.1 Å². The van der Waals surface area contributed by atoms with E-state index in [1.54, 1.807) is 43.1 Å². The first-order chi connectivity index (χ1) is 15.4. The van der Waals surface area contributed by atoms with Gasteiger partial charge in [-0.15, -0.1) is 10.2 Å². The minimum atomic E-state index is -0.329. The predicted molar refractivity (Wildman–Crippen MR) is 122 cm³/mol. The Morgan fingerprint density at radius 2 is 1.59 bits per heavy atom. The van der Waals surface area contributed by atoms with Gasteiger partial charge in [0.1, 0.15) is 11.5 Å². The summed E-state index contributed by atoms with van der Waals surface area (Å²) in [7, 11) is 5.01. The van der Waals surface area contributed by atoms with Crippen molar-refractivity contribution in [3.8, 4) is 11.5 Å². The van der Waals surface area contributed by atoms with Crippen LogP contribution in [0.2, 0.25) is 0 Å². The lowest BCUT2D eigenvalue weighted by Gasteiger charge is -2.14. The number of ketones is 1. The molecule has 1 atom stereocenters. The predicted octanol–water partition coefficient (Wildman–Crippen LogP) is 3.23. The molecule has 1 unspecified atom stereocenters. The fourth-order valence-electron chi connectivity index (χ4n) is 3.11. The molecule has 2 aromatic carbocycles. The average molecular weight is 455 g/mol. The van der Waals surface area contributed by atoms with Crippen LogP contribution in [0.1, 0.15) is 34.7 Å². The van der Waals surface area contributed by atoms with E-state index < -0.39 is 0 Å². The van der Waals surface area contributed by atoms with Gasteiger partial charge >= 0.3 is 0 Å². The zero-order valence-corrected chi connectivity index (χ0v) is 19.3. The minimum Gasteiger partial charge on any atom is -0.497 e. The standard InChI is InChI=1S/C23H26N4O4S/c1-15(24-21(29)13-16-5-9-18(30-3)10-6-16)22-25-26-23(27(22)2)32-14-20(28)17-7-11-19(31-4)12-8-17/h5-12,15H,13-14H2,1-4H3,(H,24,29). The first kappa shape index (κ1) is 23.3. The highest BCUT2D eigenvalue weighted by molar-refractivity contribution is 7.99. The van der Waals surface area contributed by atoms with Crippen molar-refractivity contribution in [1.29, 1.82) is 0 Å². The number of aromatic nitrogens is 3. The average Bonchev–Trinajstić information content (AvgIpc) is 3.18. The third-order valence-electron chi connectivity index (χ3n) is 4.90. The molecule has 8 nitrogen and oxygen atoms in total. The van der Waals surface area contributed by atoms with E-state index in [1.165, 1.54) is 11.8 Å². The van der Waals surface area contributed by atoms with Gasteiger partial charge in [0.05, 0.1) is 32.4 Å². The van der Waals surface area contributed by atoms with Gasteiger partial charge < -0.3 is 19.4 Å². The summed E-state index contributed by atoms with van der Waals surface area (Å²) in [5.41, 5.74) is 1.50. The Bertz CT molecular complexity index is 1060. The first-order valence-electron chi connectivity index (χ1n) is 10.0. The van der Waals surface area contributed by atoms with Crippen molar-refractivity contribution in [2.45, 2.75) is 24.5 Å². The van der Waals surface area contributed by atoms with E-state index >= 15 is 0 Å². The van der Waals surface area contributed by atoms with Gasteiger partial charge in [0.15, 0.2) is 16.8 Å². The minimum absolute atomic E-state index is 0.0111. The molecule has 0 aliphatic heterocycles. The van der Waals surface area contributed by atoms with E-state index in [0.29, 0.717) is 22.3 Å². The van der Waals surface area contributed by atoms with Gasteiger partial charge in [-0.3, -0.25) is 9.59 Å². The van der Waals surface area contributed by atoms with Crippen molar-refractivity contribution in [3.05, 3.63) is 65.5 Å². The molecule has 0 radical (unpaired) electrons. The normalized spacial score (nSPS) is 11.6. The van der Waals surface area contributed by atoms with E-state index in [1.807, 2.05) is 38.2 Å². The van der Waals surface area contributed by atoms with Crippen LogP contribution in [0.25, 0.3) is 0 Å². The summed E-state index contributed by atoms with van der Waals surface area (Å²) in [4.78, 5) is 24.9. The van der Waals surface area contributed by atoms with Crippen LogP contribution < -0.4 is 14.8 Å². The maximum Gasteiger partial charge on any atom is 0.224 e. The maximum atomic E-state index is 12.4. The maximum absolute atomic E-state index is 12.4. The number of carbonyl (C=O) groups is 2. The largest absolute Gasteiger partial charge is 0.497 e. The molecule has 9 heteroatoms. The SMILES string of the molecule is COc1ccc(CC(=O)NC(C)c2nnc(SCC(=O)c3ccc(OC)cc3)n2C)cc1.